The highest BCUT2D eigenvalue weighted by Crippen LogP contribution is 2.06. The zero-order chi connectivity index (χ0) is 9.14. The van der Waals surface area contributed by atoms with E-state index in [-0.39, 0.29) is 24.4 Å². The summed E-state index contributed by atoms with van der Waals surface area (Å²) in [5.41, 5.74) is 0. The summed E-state index contributed by atoms with van der Waals surface area (Å²) < 4.78 is 0. The number of halogens is 1. The van der Waals surface area contributed by atoms with Crippen molar-refractivity contribution in [2.75, 3.05) is 13.1 Å². The van der Waals surface area contributed by atoms with Crippen molar-refractivity contribution in [3.8, 4) is 0 Å². The van der Waals surface area contributed by atoms with Gasteiger partial charge in [0.25, 0.3) is 0 Å². The largest absolute Gasteiger partial charge is 0.334 e. The van der Waals surface area contributed by atoms with Crippen molar-refractivity contribution in [3.63, 3.8) is 0 Å². The van der Waals surface area contributed by atoms with Crippen molar-refractivity contribution in [1.29, 1.82) is 0 Å². The van der Waals surface area contributed by atoms with Crippen LogP contribution in [-0.4, -0.2) is 36.0 Å². The molecule has 1 heterocycles. The van der Waals surface area contributed by atoms with E-state index in [1.54, 1.807) is 0 Å². The number of nitrogens with zero attached hydrogens (tertiary/aromatic N) is 1. The molecule has 0 spiro atoms. The first-order valence-electron chi connectivity index (χ1n) is 4.31. The summed E-state index contributed by atoms with van der Waals surface area (Å²) >= 11 is 0. The van der Waals surface area contributed by atoms with Crippen molar-refractivity contribution < 1.29 is 4.79 Å². The molecule has 0 aromatic carbocycles. The fourth-order valence-corrected chi connectivity index (χ4v) is 1.45. The second-order valence-corrected chi connectivity index (χ2v) is 3.35. The predicted molar refractivity (Wildman–Crippen MR) is 56.1 cm³/mol. The van der Waals surface area contributed by atoms with Crippen LogP contribution >= 0.6 is 12.4 Å². The number of carbonyl (C=O) groups is 1. The lowest BCUT2D eigenvalue weighted by Crippen LogP contribution is -2.55. The van der Waals surface area contributed by atoms with Crippen molar-refractivity contribution in [2.24, 2.45) is 0 Å². The quantitative estimate of drug-likeness (QED) is 0.641. The van der Waals surface area contributed by atoms with E-state index in [0.717, 1.165) is 13.1 Å². The number of piperazine rings is 1. The summed E-state index contributed by atoms with van der Waals surface area (Å²) in [6.45, 7) is 9.26. The number of hydrogen-bond acceptors (Lipinski definition) is 2. The molecule has 0 radical (unpaired) electrons. The number of nitrogens with one attached hydrogen (secondary N) is 1. The third-order valence-corrected chi connectivity index (χ3v) is 2.22. The molecule has 1 N–H and O–H groups in total. The predicted octanol–water partition coefficient (Wildman–Crippen LogP) is 0.803. The molecule has 1 aliphatic heterocycles. The zero-order valence-electron chi connectivity index (χ0n) is 8.12. The minimum Gasteiger partial charge on any atom is -0.334 e. The molecule has 2 atom stereocenters. The van der Waals surface area contributed by atoms with Gasteiger partial charge in [-0.15, -0.1) is 12.4 Å². The molecule has 0 aromatic heterocycles. The van der Waals surface area contributed by atoms with E-state index in [2.05, 4.69) is 18.8 Å². The molecule has 0 saturated carbocycles. The van der Waals surface area contributed by atoms with Gasteiger partial charge in [-0.1, -0.05) is 6.58 Å². The Morgan fingerprint density at radius 3 is 2.77 bits per heavy atom. The van der Waals surface area contributed by atoms with Gasteiger partial charge in [0.2, 0.25) is 5.91 Å². The van der Waals surface area contributed by atoms with E-state index >= 15 is 0 Å². The maximum Gasteiger partial charge on any atom is 0.246 e. The Kier molecular flexibility index (Phi) is 5.03. The van der Waals surface area contributed by atoms with E-state index in [1.807, 2.05) is 11.8 Å². The molecule has 1 amide bonds. The van der Waals surface area contributed by atoms with Crippen molar-refractivity contribution >= 4 is 18.3 Å². The zero-order valence-corrected chi connectivity index (χ0v) is 8.93. The smallest absolute Gasteiger partial charge is 0.246 e. The van der Waals surface area contributed by atoms with Gasteiger partial charge in [-0.2, -0.15) is 0 Å². The monoisotopic (exact) mass is 204 g/mol. The summed E-state index contributed by atoms with van der Waals surface area (Å²) in [6.07, 6.45) is 1.38. The molecule has 0 aliphatic carbocycles. The van der Waals surface area contributed by atoms with Crippen LogP contribution in [0, 0.1) is 0 Å². The third kappa shape index (κ3) is 3.01. The summed E-state index contributed by atoms with van der Waals surface area (Å²) in [5.74, 6) is 0.0378. The Hall–Kier alpha value is -0.540. The highest BCUT2D eigenvalue weighted by Gasteiger charge is 2.24. The average Bonchev–Trinajstić information content (AvgIpc) is 2.08. The second kappa shape index (κ2) is 5.25. The normalized spacial score (nSPS) is 27.7. The molecular weight excluding hydrogens is 188 g/mol. The molecule has 1 rings (SSSR count). The molecular formula is C9H17ClN2O. The first-order chi connectivity index (χ1) is 5.65. The Morgan fingerprint density at radius 2 is 2.23 bits per heavy atom. The van der Waals surface area contributed by atoms with Crippen LogP contribution in [-0.2, 0) is 4.79 Å². The van der Waals surface area contributed by atoms with Crippen LogP contribution in [0.5, 0.6) is 0 Å². The fraction of sp³-hybridized carbons (Fsp3) is 0.667. The molecule has 1 fully saturated rings. The first kappa shape index (κ1) is 12.5. The molecule has 0 aromatic rings. The molecule has 13 heavy (non-hydrogen) atoms. The van der Waals surface area contributed by atoms with Gasteiger partial charge in [0.05, 0.1) is 0 Å². The number of carbonyl (C=O) groups excluding carboxylic acids is 1. The molecule has 0 unspecified atom stereocenters. The van der Waals surface area contributed by atoms with Crippen LogP contribution in [0.15, 0.2) is 12.7 Å². The topological polar surface area (TPSA) is 32.3 Å². The fourth-order valence-electron chi connectivity index (χ4n) is 1.45. The average molecular weight is 205 g/mol. The maximum absolute atomic E-state index is 11.3. The standard InChI is InChI=1S/C9H16N2O.ClH/c1-4-9(12)11-6-7(2)10-5-8(11)3;/h4,7-8,10H,1,5-6H2,2-3H3;1H/t7-,8+;/m0./s1. The van der Waals surface area contributed by atoms with Gasteiger partial charge in [0.1, 0.15) is 0 Å². The highest BCUT2D eigenvalue weighted by molar-refractivity contribution is 5.87. The Labute approximate surface area is 85.6 Å². The Balaban J connectivity index is 0.00000144. The first-order valence-corrected chi connectivity index (χ1v) is 4.31. The van der Waals surface area contributed by atoms with Gasteiger partial charge in [0.15, 0.2) is 0 Å². The summed E-state index contributed by atoms with van der Waals surface area (Å²) in [6, 6.07) is 0.678. The van der Waals surface area contributed by atoms with E-state index < -0.39 is 0 Å². The lowest BCUT2D eigenvalue weighted by atomic mass is 10.1. The molecule has 4 heteroatoms. The Bertz CT molecular complexity index is 196. The van der Waals surface area contributed by atoms with Gasteiger partial charge in [-0.05, 0) is 19.9 Å². The summed E-state index contributed by atoms with van der Waals surface area (Å²) in [4.78, 5) is 13.2. The van der Waals surface area contributed by atoms with Crippen LogP contribution in [0.4, 0.5) is 0 Å². The lowest BCUT2D eigenvalue weighted by molar-refractivity contribution is -0.129. The van der Waals surface area contributed by atoms with Crippen molar-refractivity contribution in [1.82, 2.24) is 10.2 Å². The highest BCUT2D eigenvalue weighted by atomic mass is 35.5. The summed E-state index contributed by atoms with van der Waals surface area (Å²) in [7, 11) is 0. The molecule has 1 aliphatic rings. The van der Waals surface area contributed by atoms with Gasteiger partial charge < -0.3 is 10.2 Å². The van der Waals surface area contributed by atoms with Gasteiger partial charge in [0, 0.05) is 25.2 Å². The SMILES string of the molecule is C=CC(=O)N1C[C@H](C)NC[C@H]1C.Cl. The molecule has 3 nitrogen and oxygen atoms in total. The summed E-state index contributed by atoms with van der Waals surface area (Å²) in [5, 5.41) is 3.31. The molecule has 76 valence electrons. The van der Waals surface area contributed by atoms with Crippen molar-refractivity contribution in [2.45, 2.75) is 25.9 Å². The van der Waals surface area contributed by atoms with Gasteiger partial charge in [-0.25, -0.2) is 0 Å². The number of amides is 1. The van der Waals surface area contributed by atoms with E-state index in [4.69, 9.17) is 0 Å². The van der Waals surface area contributed by atoms with Crippen LogP contribution in [0.1, 0.15) is 13.8 Å². The van der Waals surface area contributed by atoms with E-state index in [1.165, 1.54) is 6.08 Å². The third-order valence-electron chi connectivity index (χ3n) is 2.22. The minimum absolute atomic E-state index is 0. The molecule has 0 bridgehead atoms. The van der Waals surface area contributed by atoms with Crippen LogP contribution < -0.4 is 5.32 Å². The minimum atomic E-state index is 0. The number of rotatable bonds is 1. The Morgan fingerprint density at radius 1 is 1.62 bits per heavy atom. The second-order valence-electron chi connectivity index (χ2n) is 3.35. The maximum atomic E-state index is 11.3. The molecule has 1 saturated heterocycles. The number of hydrogen-bond donors (Lipinski definition) is 1. The lowest BCUT2D eigenvalue weighted by Gasteiger charge is -2.36. The van der Waals surface area contributed by atoms with Crippen molar-refractivity contribution in [3.05, 3.63) is 12.7 Å². The van der Waals surface area contributed by atoms with Crippen LogP contribution in [0.2, 0.25) is 0 Å². The van der Waals surface area contributed by atoms with Crippen LogP contribution in [0.25, 0.3) is 0 Å². The van der Waals surface area contributed by atoms with E-state index in [9.17, 15) is 4.79 Å². The van der Waals surface area contributed by atoms with E-state index in [0.29, 0.717) is 6.04 Å². The van der Waals surface area contributed by atoms with Gasteiger partial charge >= 0.3 is 0 Å². The van der Waals surface area contributed by atoms with Gasteiger partial charge in [-0.3, -0.25) is 4.79 Å². The van der Waals surface area contributed by atoms with Crippen LogP contribution in [0.3, 0.4) is 0 Å².